The van der Waals surface area contributed by atoms with Crippen molar-refractivity contribution in [2.75, 3.05) is 13.2 Å². The van der Waals surface area contributed by atoms with Crippen LogP contribution >= 0.6 is 0 Å². The Morgan fingerprint density at radius 3 is 2.35 bits per heavy atom. The Labute approximate surface area is 135 Å². The van der Waals surface area contributed by atoms with Gasteiger partial charge in [-0.05, 0) is 30.5 Å². The number of hydrogen-bond acceptors (Lipinski definition) is 5. The third-order valence-electron chi connectivity index (χ3n) is 3.71. The first kappa shape index (κ1) is 16.1. The normalized spacial score (nSPS) is 17.8. The molecular weight excluding hydrogens is 316 g/mol. The van der Waals surface area contributed by atoms with Crippen molar-refractivity contribution in [1.82, 2.24) is 0 Å². The number of hydrogen-bond donors (Lipinski definition) is 1. The van der Waals surface area contributed by atoms with Crippen LogP contribution < -0.4 is 0 Å². The van der Waals surface area contributed by atoms with Gasteiger partial charge >= 0.3 is 5.31 Å². The van der Waals surface area contributed by atoms with Gasteiger partial charge in [-0.1, -0.05) is 42.5 Å². The first-order chi connectivity index (χ1) is 10.9. The number of rotatable bonds is 3. The van der Waals surface area contributed by atoms with E-state index in [0.717, 1.165) is 11.1 Å². The van der Waals surface area contributed by atoms with Crippen molar-refractivity contribution in [1.29, 1.82) is 0 Å². The first-order valence-electron chi connectivity index (χ1n) is 7.35. The van der Waals surface area contributed by atoms with Crippen molar-refractivity contribution in [2.45, 2.75) is 23.5 Å². The predicted octanol–water partition coefficient (Wildman–Crippen LogP) is 2.48. The van der Waals surface area contributed by atoms with Crippen LogP contribution in [0, 0.1) is 6.92 Å². The lowest BCUT2D eigenvalue weighted by Crippen LogP contribution is -2.47. The number of benzene rings is 2. The Bertz CT molecular complexity index is 793. The van der Waals surface area contributed by atoms with Gasteiger partial charge in [-0.3, -0.25) is 0 Å². The van der Waals surface area contributed by atoms with Gasteiger partial charge in [0.2, 0.25) is 0 Å². The van der Waals surface area contributed by atoms with E-state index < -0.39 is 15.1 Å². The van der Waals surface area contributed by atoms with Crippen LogP contribution in [0.5, 0.6) is 0 Å². The third kappa shape index (κ3) is 2.90. The summed E-state index contributed by atoms with van der Waals surface area (Å²) in [4.78, 5) is -0.00639. The Morgan fingerprint density at radius 2 is 1.70 bits per heavy atom. The highest BCUT2D eigenvalue weighted by Crippen LogP contribution is 2.35. The molecule has 0 spiro atoms. The molecule has 23 heavy (non-hydrogen) atoms. The Balaban J connectivity index is 2.17. The largest absolute Gasteiger partial charge is 0.395 e. The fraction of sp³-hybridized carbons (Fsp3) is 0.294. The molecule has 122 valence electrons. The minimum atomic E-state index is -4.25. The molecule has 0 bridgehead atoms. The first-order valence-corrected chi connectivity index (χ1v) is 8.83. The van der Waals surface area contributed by atoms with Gasteiger partial charge in [-0.25, -0.2) is 8.42 Å². The summed E-state index contributed by atoms with van der Waals surface area (Å²) in [5, 5.41) is 7.75. The topological polar surface area (TPSA) is 72.8 Å². The van der Waals surface area contributed by atoms with Crippen LogP contribution in [0.25, 0.3) is 11.1 Å². The molecule has 2 aromatic carbocycles. The maximum atomic E-state index is 13.0. The van der Waals surface area contributed by atoms with Crippen molar-refractivity contribution in [3.8, 4) is 11.1 Å². The number of aliphatic hydroxyl groups is 1. The minimum absolute atomic E-state index is 0.00639. The van der Waals surface area contributed by atoms with Crippen LogP contribution in [0.2, 0.25) is 0 Å². The molecule has 0 radical (unpaired) electrons. The summed E-state index contributed by atoms with van der Waals surface area (Å²) in [6.07, 6.45) is 0.539. The van der Waals surface area contributed by atoms with E-state index in [2.05, 4.69) is 0 Å². The standard InChI is InChI=1S/C17H18O5S/c1-13-8-9-15(14-6-3-2-4-7-14)16(12-13)23(19,20)17(18)21-10-5-11-22-17/h2-4,6-9,12,18H,5,10-11H2,1H3. The van der Waals surface area contributed by atoms with Gasteiger partial charge in [-0.15, -0.1) is 0 Å². The van der Waals surface area contributed by atoms with Crippen molar-refractivity contribution in [3.05, 3.63) is 54.1 Å². The smallest absolute Gasteiger partial charge is 0.330 e. The molecule has 0 aliphatic carbocycles. The Hall–Kier alpha value is -1.73. The minimum Gasteiger partial charge on any atom is -0.330 e. The van der Waals surface area contributed by atoms with Gasteiger partial charge in [-0.2, -0.15) is 0 Å². The maximum Gasteiger partial charge on any atom is 0.395 e. The zero-order chi connectivity index (χ0) is 16.5. The van der Waals surface area contributed by atoms with Gasteiger partial charge in [0, 0.05) is 5.56 Å². The zero-order valence-electron chi connectivity index (χ0n) is 12.7. The van der Waals surface area contributed by atoms with E-state index in [1.54, 1.807) is 13.0 Å². The molecule has 1 fully saturated rings. The maximum absolute atomic E-state index is 13.0. The second-order valence-corrected chi connectivity index (χ2v) is 7.41. The molecule has 3 rings (SSSR count). The molecule has 1 N–H and O–H groups in total. The molecule has 0 saturated carbocycles. The highest BCUT2D eigenvalue weighted by Gasteiger charge is 2.49. The van der Waals surface area contributed by atoms with E-state index in [0.29, 0.717) is 12.0 Å². The van der Waals surface area contributed by atoms with Gasteiger partial charge in [0.15, 0.2) is 0 Å². The van der Waals surface area contributed by atoms with Crippen LogP contribution in [0.4, 0.5) is 0 Å². The monoisotopic (exact) mass is 334 g/mol. The van der Waals surface area contributed by atoms with Crippen LogP contribution in [-0.2, 0) is 19.3 Å². The summed E-state index contributed by atoms with van der Waals surface area (Å²) in [6, 6.07) is 14.2. The summed E-state index contributed by atoms with van der Waals surface area (Å²) < 4.78 is 36.0. The van der Waals surface area contributed by atoms with E-state index in [9.17, 15) is 13.5 Å². The van der Waals surface area contributed by atoms with E-state index in [1.807, 2.05) is 36.4 Å². The van der Waals surface area contributed by atoms with E-state index >= 15 is 0 Å². The summed E-state index contributed by atoms with van der Waals surface area (Å²) in [5.41, 5.74) is 2.01. The molecule has 1 saturated heterocycles. The van der Waals surface area contributed by atoms with Crippen LogP contribution in [0.15, 0.2) is 53.4 Å². The quantitative estimate of drug-likeness (QED) is 0.933. The Kier molecular flexibility index (Phi) is 4.25. The fourth-order valence-corrected chi connectivity index (χ4v) is 4.08. The van der Waals surface area contributed by atoms with Crippen LogP contribution in [0.3, 0.4) is 0 Å². The summed E-state index contributed by atoms with van der Waals surface area (Å²) in [5.74, 6) is 0. The summed E-state index contributed by atoms with van der Waals surface area (Å²) in [7, 11) is -4.25. The van der Waals surface area contributed by atoms with E-state index in [-0.39, 0.29) is 18.1 Å². The molecule has 0 amide bonds. The van der Waals surface area contributed by atoms with E-state index in [1.165, 1.54) is 6.07 Å². The highest BCUT2D eigenvalue weighted by atomic mass is 32.2. The lowest BCUT2D eigenvalue weighted by atomic mass is 10.0. The molecule has 5 nitrogen and oxygen atoms in total. The predicted molar refractivity (Wildman–Crippen MR) is 85.3 cm³/mol. The van der Waals surface area contributed by atoms with Crippen molar-refractivity contribution >= 4 is 9.84 Å². The Morgan fingerprint density at radius 1 is 1.04 bits per heavy atom. The molecule has 1 aliphatic heterocycles. The number of aryl methyl sites for hydroxylation is 1. The van der Waals surface area contributed by atoms with Gasteiger partial charge < -0.3 is 14.6 Å². The molecule has 1 heterocycles. The van der Waals surface area contributed by atoms with Crippen molar-refractivity contribution in [2.24, 2.45) is 0 Å². The molecule has 0 atom stereocenters. The second kappa shape index (κ2) is 6.05. The van der Waals surface area contributed by atoms with Crippen LogP contribution in [0.1, 0.15) is 12.0 Å². The lowest BCUT2D eigenvalue weighted by Gasteiger charge is -2.31. The molecule has 2 aromatic rings. The van der Waals surface area contributed by atoms with Gasteiger partial charge in [0.05, 0.1) is 18.1 Å². The SMILES string of the molecule is Cc1ccc(-c2ccccc2)c(S(=O)(=O)C2(O)OCCCO2)c1. The number of sulfone groups is 1. The molecule has 6 heteroatoms. The average molecular weight is 334 g/mol. The van der Waals surface area contributed by atoms with Crippen LogP contribution in [-0.4, -0.2) is 32.0 Å². The summed E-state index contributed by atoms with van der Waals surface area (Å²) >= 11 is 0. The fourth-order valence-electron chi connectivity index (χ4n) is 2.51. The third-order valence-corrected chi connectivity index (χ3v) is 5.54. The second-order valence-electron chi connectivity index (χ2n) is 5.44. The lowest BCUT2D eigenvalue weighted by molar-refractivity contribution is -0.322. The van der Waals surface area contributed by atoms with Crippen molar-refractivity contribution in [3.63, 3.8) is 0 Å². The molecule has 0 aromatic heterocycles. The van der Waals surface area contributed by atoms with Gasteiger partial charge in [0.1, 0.15) is 0 Å². The average Bonchev–Trinajstić information content (AvgIpc) is 2.56. The van der Waals surface area contributed by atoms with Crippen molar-refractivity contribution < 1.29 is 23.0 Å². The van der Waals surface area contributed by atoms with Gasteiger partial charge in [0.25, 0.3) is 9.84 Å². The highest BCUT2D eigenvalue weighted by molar-refractivity contribution is 7.92. The molecular formula is C17H18O5S. The zero-order valence-corrected chi connectivity index (χ0v) is 13.5. The number of ether oxygens (including phenoxy) is 2. The summed E-state index contributed by atoms with van der Waals surface area (Å²) in [6.45, 7) is 2.05. The molecule has 0 unspecified atom stereocenters. The van der Waals surface area contributed by atoms with E-state index in [4.69, 9.17) is 9.47 Å². The molecule has 1 aliphatic rings.